The normalized spacial score (nSPS) is 20.6. The van der Waals surface area contributed by atoms with Gasteiger partial charge < -0.3 is 4.74 Å². The predicted octanol–water partition coefficient (Wildman–Crippen LogP) is 5.69. The Balaban J connectivity index is 1.91. The van der Waals surface area contributed by atoms with E-state index in [1.807, 2.05) is 12.1 Å². The van der Waals surface area contributed by atoms with Crippen LogP contribution in [-0.2, 0) is 14.9 Å². The molecule has 1 aromatic heterocycles. The van der Waals surface area contributed by atoms with Gasteiger partial charge >= 0.3 is 5.97 Å². The molecule has 9 heteroatoms. The van der Waals surface area contributed by atoms with Crippen LogP contribution in [0.5, 0.6) is 0 Å². The number of halogens is 3. The number of ether oxygens (including phenoxy) is 1. The van der Waals surface area contributed by atoms with Gasteiger partial charge in [-0.1, -0.05) is 23.7 Å². The summed E-state index contributed by atoms with van der Waals surface area (Å²) < 4.78 is 19.2. The summed E-state index contributed by atoms with van der Waals surface area (Å²) in [5.74, 6) is -1.12. The smallest absolute Gasteiger partial charge is 0.316 e. The number of hydrogen-bond acceptors (Lipinski definition) is 5. The number of esters is 1. The van der Waals surface area contributed by atoms with Crippen LogP contribution in [0.2, 0.25) is 5.02 Å². The first-order valence-electron chi connectivity index (χ1n) is 9.03. The molecule has 154 valence electrons. The van der Waals surface area contributed by atoms with Crippen LogP contribution in [0.15, 0.2) is 47.1 Å². The van der Waals surface area contributed by atoms with Crippen molar-refractivity contribution in [3.63, 3.8) is 0 Å². The van der Waals surface area contributed by atoms with E-state index in [1.54, 1.807) is 12.1 Å². The summed E-state index contributed by atoms with van der Waals surface area (Å²) in [7, 11) is 1.25. The summed E-state index contributed by atoms with van der Waals surface area (Å²) in [4.78, 5) is 28.2. The fourth-order valence-corrected chi connectivity index (χ4v) is 4.71. The first-order valence-corrected chi connectivity index (χ1v) is 10.2. The molecule has 2 aromatic carbocycles. The molecule has 0 saturated heterocycles. The Kier molecular flexibility index (Phi) is 5.23. The molecule has 1 aliphatic rings. The Labute approximate surface area is 184 Å². The second kappa shape index (κ2) is 7.59. The summed E-state index contributed by atoms with van der Waals surface area (Å²) in [5, 5.41) is 12.8. The van der Waals surface area contributed by atoms with Crippen molar-refractivity contribution < 1.29 is 18.8 Å². The molecule has 1 aliphatic carbocycles. The van der Waals surface area contributed by atoms with Crippen molar-refractivity contribution in [1.29, 1.82) is 0 Å². The summed E-state index contributed by atoms with van der Waals surface area (Å²) in [6.45, 7) is 0. The van der Waals surface area contributed by atoms with E-state index in [2.05, 4.69) is 20.9 Å². The van der Waals surface area contributed by atoms with Crippen LogP contribution in [-0.4, -0.2) is 23.0 Å². The molecule has 0 radical (unpaired) electrons. The number of fused-ring (bicyclic) bond motifs is 1. The summed E-state index contributed by atoms with van der Waals surface area (Å²) in [6, 6.07) is 9.89. The predicted molar refractivity (Wildman–Crippen MR) is 113 cm³/mol. The van der Waals surface area contributed by atoms with E-state index >= 15 is 0 Å². The third-order valence-electron chi connectivity index (χ3n) is 5.67. The molecule has 0 bridgehead atoms. The first kappa shape index (κ1) is 20.7. The lowest BCUT2D eigenvalue weighted by Crippen LogP contribution is -2.48. The lowest BCUT2D eigenvalue weighted by molar-refractivity contribution is -0.386. The van der Waals surface area contributed by atoms with Crippen molar-refractivity contribution in [1.82, 2.24) is 4.98 Å². The van der Waals surface area contributed by atoms with Crippen LogP contribution in [0.25, 0.3) is 10.9 Å². The Morgan fingerprint density at radius 3 is 2.60 bits per heavy atom. The number of carbonyl (C=O) groups is 1. The van der Waals surface area contributed by atoms with E-state index in [1.165, 1.54) is 19.2 Å². The minimum Gasteiger partial charge on any atom is -0.468 e. The molecule has 0 atom stereocenters. The van der Waals surface area contributed by atoms with Crippen molar-refractivity contribution in [2.45, 2.75) is 24.2 Å². The van der Waals surface area contributed by atoms with Gasteiger partial charge in [-0.25, -0.2) is 9.37 Å². The number of aromatic nitrogens is 1. The second-order valence-corrected chi connectivity index (χ2v) is 8.58. The summed E-state index contributed by atoms with van der Waals surface area (Å²) in [5.41, 5.74) is -0.113. The van der Waals surface area contributed by atoms with Crippen molar-refractivity contribution in [3.8, 4) is 0 Å². The zero-order valence-electron chi connectivity index (χ0n) is 15.7. The van der Waals surface area contributed by atoms with Gasteiger partial charge in [0.2, 0.25) is 0 Å². The SMILES string of the molecule is COC(=O)C1(c2c([N+](=O)[O-])cnc3cc(F)c(Br)cc23)CC(c2ccc(Cl)cc2)C1. The monoisotopic (exact) mass is 492 g/mol. The molecular formula is C21H15BrClFN2O4. The summed E-state index contributed by atoms with van der Waals surface area (Å²) >= 11 is 9.09. The van der Waals surface area contributed by atoms with Crippen molar-refractivity contribution in [2.75, 3.05) is 7.11 Å². The second-order valence-electron chi connectivity index (χ2n) is 7.29. The topological polar surface area (TPSA) is 82.3 Å². The van der Waals surface area contributed by atoms with E-state index in [4.69, 9.17) is 16.3 Å². The zero-order chi connectivity index (χ0) is 21.6. The molecular weight excluding hydrogens is 479 g/mol. The Morgan fingerprint density at radius 1 is 1.33 bits per heavy atom. The maximum absolute atomic E-state index is 14.0. The van der Waals surface area contributed by atoms with E-state index in [0.29, 0.717) is 23.3 Å². The molecule has 1 fully saturated rings. The quantitative estimate of drug-likeness (QED) is 0.265. The van der Waals surface area contributed by atoms with Gasteiger partial charge in [-0.05, 0) is 58.5 Å². The Bertz CT molecular complexity index is 1180. The molecule has 0 spiro atoms. The highest BCUT2D eigenvalue weighted by Crippen LogP contribution is 2.57. The van der Waals surface area contributed by atoms with Crippen LogP contribution < -0.4 is 0 Å². The lowest BCUT2D eigenvalue weighted by atomic mass is 9.56. The van der Waals surface area contributed by atoms with Crippen LogP contribution in [0, 0.1) is 15.9 Å². The molecule has 0 unspecified atom stereocenters. The third-order valence-corrected chi connectivity index (χ3v) is 6.53. The maximum Gasteiger partial charge on any atom is 0.316 e. The zero-order valence-corrected chi connectivity index (χ0v) is 18.0. The van der Waals surface area contributed by atoms with E-state index in [9.17, 15) is 19.3 Å². The van der Waals surface area contributed by atoms with Crippen LogP contribution in [0.3, 0.4) is 0 Å². The highest BCUT2D eigenvalue weighted by molar-refractivity contribution is 9.10. The molecule has 1 saturated carbocycles. The molecule has 4 rings (SSSR count). The molecule has 30 heavy (non-hydrogen) atoms. The molecule has 3 aromatic rings. The number of rotatable bonds is 4. The van der Waals surface area contributed by atoms with Gasteiger partial charge in [0.1, 0.15) is 17.4 Å². The van der Waals surface area contributed by atoms with Gasteiger partial charge in [-0.15, -0.1) is 0 Å². The molecule has 6 nitrogen and oxygen atoms in total. The largest absolute Gasteiger partial charge is 0.468 e. The highest BCUT2D eigenvalue weighted by Gasteiger charge is 2.56. The summed E-state index contributed by atoms with van der Waals surface area (Å²) in [6.07, 6.45) is 1.71. The van der Waals surface area contributed by atoms with Gasteiger partial charge in [0.25, 0.3) is 5.69 Å². The molecule has 0 amide bonds. The number of nitrogens with zero attached hydrogens (tertiary/aromatic N) is 2. The fraction of sp³-hybridized carbons (Fsp3) is 0.238. The molecule has 1 heterocycles. The molecule has 0 aliphatic heterocycles. The standard InChI is InChI=1S/C21H15BrClFN2O4/c1-30-20(27)21(8-12(9-21)11-2-4-13(23)5-3-11)19-14-6-15(22)16(24)7-17(14)25-10-18(19)26(28)29/h2-7,10,12H,8-9H2,1H3. The van der Waals surface area contributed by atoms with Crippen LogP contribution in [0.1, 0.15) is 29.9 Å². The Morgan fingerprint density at radius 2 is 2.00 bits per heavy atom. The van der Waals surface area contributed by atoms with Gasteiger partial charge in [-0.2, -0.15) is 0 Å². The minimum atomic E-state index is -1.24. The fourth-order valence-electron chi connectivity index (χ4n) is 4.24. The lowest BCUT2D eigenvalue weighted by Gasteiger charge is -2.45. The van der Waals surface area contributed by atoms with Gasteiger partial charge in [0.05, 0.1) is 27.6 Å². The average molecular weight is 494 g/mol. The number of methoxy groups -OCH3 is 1. The van der Waals surface area contributed by atoms with E-state index < -0.39 is 22.1 Å². The van der Waals surface area contributed by atoms with Gasteiger partial charge in [-0.3, -0.25) is 14.9 Å². The van der Waals surface area contributed by atoms with Crippen molar-refractivity contribution in [2.24, 2.45) is 0 Å². The number of carbonyl (C=O) groups excluding carboxylic acids is 1. The van der Waals surface area contributed by atoms with E-state index in [0.717, 1.165) is 11.8 Å². The maximum atomic E-state index is 14.0. The number of pyridine rings is 1. The van der Waals surface area contributed by atoms with Crippen molar-refractivity contribution in [3.05, 3.63) is 79.1 Å². The Hall–Kier alpha value is -2.58. The van der Waals surface area contributed by atoms with Crippen LogP contribution in [0.4, 0.5) is 10.1 Å². The van der Waals surface area contributed by atoms with E-state index in [-0.39, 0.29) is 27.2 Å². The van der Waals surface area contributed by atoms with Gasteiger partial charge in [0, 0.05) is 16.5 Å². The van der Waals surface area contributed by atoms with Crippen LogP contribution >= 0.6 is 27.5 Å². The van der Waals surface area contributed by atoms with Crippen molar-refractivity contribution >= 4 is 50.1 Å². The van der Waals surface area contributed by atoms with Gasteiger partial charge in [0.15, 0.2) is 0 Å². The first-order chi connectivity index (χ1) is 14.3. The molecule has 0 N–H and O–H groups in total. The highest BCUT2D eigenvalue weighted by atomic mass is 79.9. The number of nitro groups is 1. The third kappa shape index (κ3) is 3.24. The average Bonchev–Trinajstić information content (AvgIpc) is 2.69. The minimum absolute atomic E-state index is 0.00641. The number of hydrogen-bond donors (Lipinski definition) is 0. The number of benzene rings is 2.